The van der Waals surface area contributed by atoms with Crippen molar-refractivity contribution in [1.29, 1.82) is 0 Å². The lowest BCUT2D eigenvalue weighted by Crippen LogP contribution is -2.51. The number of ether oxygens (including phenoxy) is 1. The number of aliphatic imine (C=N–C) groups is 1. The lowest BCUT2D eigenvalue weighted by molar-refractivity contribution is -0.133. The van der Waals surface area contributed by atoms with Crippen LogP contribution >= 0.6 is 11.6 Å². The predicted molar refractivity (Wildman–Crippen MR) is 125 cm³/mol. The average Bonchev–Trinajstić information content (AvgIpc) is 2.99. The standard InChI is InChI=1S/C25H22ClFN4O2/c1-24(11-15-3-6-19(27)7-4-15)14-25(22(32)31(2)23(28)30-25)20-10-16(5-8-21(20)33-24)17-9-18(26)13-29-12-17/h3-10,12-13H,11,14H2,1-2H3,(H2,28,30). The summed E-state index contributed by atoms with van der Waals surface area (Å²) in [7, 11) is 1.62. The molecule has 1 amide bonds. The van der Waals surface area contributed by atoms with E-state index in [1.54, 1.807) is 31.6 Å². The topological polar surface area (TPSA) is 80.8 Å². The first-order chi connectivity index (χ1) is 15.7. The molecule has 2 aliphatic rings. The molecule has 5 rings (SSSR count). The number of amides is 1. The number of benzene rings is 2. The first-order valence-electron chi connectivity index (χ1n) is 10.5. The second-order valence-corrected chi connectivity index (χ2v) is 9.27. The second kappa shape index (κ2) is 7.56. The third-order valence-corrected chi connectivity index (χ3v) is 6.46. The molecule has 168 valence electrons. The number of carbonyl (C=O) groups excluding carboxylic acids is 1. The van der Waals surface area contributed by atoms with E-state index in [0.29, 0.717) is 22.8 Å². The maximum Gasteiger partial charge on any atom is 0.261 e. The lowest BCUT2D eigenvalue weighted by atomic mass is 9.74. The molecule has 2 aromatic carbocycles. The van der Waals surface area contributed by atoms with Gasteiger partial charge in [-0.1, -0.05) is 29.8 Å². The number of guanidine groups is 1. The smallest absolute Gasteiger partial charge is 0.261 e. The minimum atomic E-state index is -1.22. The van der Waals surface area contributed by atoms with Gasteiger partial charge in [0, 0.05) is 43.4 Å². The summed E-state index contributed by atoms with van der Waals surface area (Å²) in [4.78, 5) is 23.8. The summed E-state index contributed by atoms with van der Waals surface area (Å²) in [6, 6.07) is 13.7. The number of fused-ring (bicyclic) bond motifs is 2. The van der Waals surface area contributed by atoms with E-state index in [-0.39, 0.29) is 24.1 Å². The van der Waals surface area contributed by atoms with E-state index in [9.17, 15) is 9.18 Å². The highest BCUT2D eigenvalue weighted by Gasteiger charge is 2.56. The highest BCUT2D eigenvalue weighted by atomic mass is 35.5. The highest BCUT2D eigenvalue weighted by molar-refractivity contribution is 6.30. The molecular weight excluding hydrogens is 443 g/mol. The summed E-state index contributed by atoms with van der Waals surface area (Å²) in [5.74, 6) is 0.205. The monoisotopic (exact) mass is 464 g/mol. The zero-order valence-corrected chi connectivity index (χ0v) is 18.9. The Morgan fingerprint density at radius 3 is 2.58 bits per heavy atom. The van der Waals surface area contributed by atoms with Gasteiger partial charge in [-0.25, -0.2) is 9.38 Å². The number of pyridine rings is 1. The van der Waals surface area contributed by atoms with Gasteiger partial charge in [-0.2, -0.15) is 0 Å². The van der Waals surface area contributed by atoms with Gasteiger partial charge in [0.2, 0.25) is 0 Å². The van der Waals surface area contributed by atoms with Crippen LogP contribution in [-0.4, -0.2) is 34.4 Å². The van der Waals surface area contributed by atoms with Gasteiger partial charge >= 0.3 is 0 Å². The minimum absolute atomic E-state index is 0.159. The molecular formula is C25H22ClFN4O2. The molecule has 33 heavy (non-hydrogen) atoms. The Bertz CT molecular complexity index is 1300. The molecule has 1 aromatic heterocycles. The van der Waals surface area contributed by atoms with Gasteiger partial charge in [0.25, 0.3) is 5.91 Å². The van der Waals surface area contributed by atoms with Crippen molar-refractivity contribution in [3.8, 4) is 16.9 Å². The number of carbonyl (C=O) groups is 1. The van der Waals surface area contributed by atoms with Crippen molar-refractivity contribution < 1.29 is 13.9 Å². The summed E-state index contributed by atoms with van der Waals surface area (Å²) < 4.78 is 19.9. The third kappa shape index (κ3) is 3.62. The minimum Gasteiger partial charge on any atom is -0.487 e. The van der Waals surface area contributed by atoms with Crippen molar-refractivity contribution in [3.63, 3.8) is 0 Å². The summed E-state index contributed by atoms with van der Waals surface area (Å²) in [6.45, 7) is 1.94. The van der Waals surface area contributed by atoms with E-state index in [0.717, 1.165) is 16.7 Å². The predicted octanol–water partition coefficient (Wildman–Crippen LogP) is 4.31. The number of rotatable bonds is 3. The van der Waals surface area contributed by atoms with Gasteiger partial charge in [0.15, 0.2) is 11.5 Å². The Balaban J connectivity index is 1.63. The van der Waals surface area contributed by atoms with E-state index in [1.165, 1.54) is 17.0 Å². The lowest BCUT2D eigenvalue weighted by Gasteiger charge is -2.43. The van der Waals surface area contributed by atoms with Crippen LogP contribution in [0.2, 0.25) is 5.02 Å². The summed E-state index contributed by atoms with van der Waals surface area (Å²) in [6.07, 6.45) is 4.03. The van der Waals surface area contributed by atoms with Gasteiger partial charge in [-0.3, -0.25) is 14.7 Å². The Kier molecular flexibility index (Phi) is 4.90. The van der Waals surface area contributed by atoms with Crippen molar-refractivity contribution in [3.05, 3.63) is 82.9 Å². The molecule has 6 nitrogen and oxygen atoms in total. The largest absolute Gasteiger partial charge is 0.487 e. The van der Waals surface area contributed by atoms with Gasteiger partial charge in [-0.05, 0) is 48.4 Å². The maximum absolute atomic E-state index is 13.5. The van der Waals surface area contributed by atoms with Gasteiger partial charge in [0.1, 0.15) is 17.2 Å². The molecule has 2 aliphatic heterocycles. The van der Waals surface area contributed by atoms with Crippen molar-refractivity contribution in [1.82, 2.24) is 9.88 Å². The molecule has 1 spiro atoms. The first-order valence-corrected chi connectivity index (χ1v) is 10.9. The molecule has 0 saturated carbocycles. The summed E-state index contributed by atoms with van der Waals surface area (Å²) in [5, 5.41) is 0.516. The fourth-order valence-corrected chi connectivity index (χ4v) is 4.93. The molecule has 3 heterocycles. The molecule has 2 atom stereocenters. The van der Waals surface area contributed by atoms with Gasteiger partial charge < -0.3 is 10.5 Å². The van der Waals surface area contributed by atoms with Crippen LogP contribution in [0.5, 0.6) is 5.75 Å². The number of aromatic nitrogens is 1. The van der Waals surface area contributed by atoms with Crippen LogP contribution < -0.4 is 10.5 Å². The third-order valence-electron chi connectivity index (χ3n) is 6.25. The molecule has 8 heteroatoms. The fraction of sp³-hybridized carbons (Fsp3) is 0.240. The number of halogens is 2. The Morgan fingerprint density at radius 1 is 1.15 bits per heavy atom. The fourth-order valence-electron chi connectivity index (χ4n) is 4.75. The molecule has 3 aromatic rings. The molecule has 2 N–H and O–H groups in total. The molecule has 0 bridgehead atoms. The SMILES string of the molecule is CN1C(=O)C2(CC(C)(Cc3ccc(F)cc3)Oc3ccc(-c4cncc(Cl)c4)cc32)N=C1N. The molecule has 2 unspecified atom stereocenters. The van der Waals surface area contributed by atoms with Crippen LogP contribution in [-0.2, 0) is 16.8 Å². The van der Waals surface area contributed by atoms with Gasteiger partial charge in [-0.15, -0.1) is 0 Å². The summed E-state index contributed by atoms with van der Waals surface area (Å²) >= 11 is 6.13. The molecule has 0 saturated heterocycles. The van der Waals surface area contributed by atoms with E-state index in [1.807, 2.05) is 31.2 Å². The van der Waals surface area contributed by atoms with Crippen molar-refractivity contribution in [2.45, 2.75) is 30.9 Å². The number of hydrogen-bond donors (Lipinski definition) is 1. The van der Waals surface area contributed by atoms with Crippen LogP contribution in [0.3, 0.4) is 0 Å². The zero-order chi connectivity index (χ0) is 23.4. The second-order valence-electron chi connectivity index (χ2n) is 8.83. The van der Waals surface area contributed by atoms with Crippen molar-refractivity contribution >= 4 is 23.5 Å². The van der Waals surface area contributed by atoms with E-state index in [2.05, 4.69) is 9.98 Å². The van der Waals surface area contributed by atoms with Crippen LogP contribution in [0, 0.1) is 5.82 Å². The Morgan fingerprint density at radius 2 is 1.91 bits per heavy atom. The zero-order valence-electron chi connectivity index (χ0n) is 18.2. The van der Waals surface area contributed by atoms with Crippen LogP contribution in [0.15, 0.2) is 65.9 Å². The molecule has 0 radical (unpaired) electrons. The Labute approximate surface area is 195 Å². The Hall–Kier alpha value is -3.45. The highest BCUT2D eigenvalue weighted by Crippen LogP contribution is 2.50. The number of hydrogen-bond acceptors (Lipinski definition) is 5. The van der Waals surface area contributed by atoms with E-state index in [4.69, 9.17) is 22.1 Å². The maximum atomic E-state index is 13.5. The average molecular weight is 465 g/mol. The van der Waals surface area contributed by atoms with Crippen LogP contribution in [0.25, 0.3) is 11.1 Å². The number of likely N-dealkylation sites (N-methyl/N-ethyl adjacent to an activating group) is 1. The van der Waals surface area contributed by atoms with Crippen LogP contribution in [0.1, 0.15) is 24.5 Å². The number of nitrogens with two attached hydrogens (primary N) is 1. The molecule has 0 fully saturated rings. The quantitative estimate of drug-likeness (QED) is 0.626. The summed E-state index contributed by atoms with van der Waals surface area (Å²) in [5.41, 5.74) is 7.31. The van der Waals surface area contributed by atoms with Gasteiger partial charge in [0.05, 0.1) is 5.02 Å². The molecule has 0 aliphatic carbocycles. The normalized spacial score (nSPS) is 23.9. The van der Waals surface area contributed by atoms with E-state index >= 15 is 0 Å². The number of nitrogens with zero attached hydrogens (tertiary/aromatic N) is 3. The van der Waals surface area contributed by atoms with Crippen molar-refractivity contribution in [2.75, 3.05) is 7.05 Å². The first kappa shape index (κ1) is 21.4. The van der Waals surface area contributed by atoms with Crippen molar-refractivity contribution in [2.24, 2.45) is 10.7 Å². The van der Waals surface area contributed by atoms with Crippen LogP contribution in [0.4, 0.5) is 4.39 Å². The van der Waals surface area contributed by atoms with E-state index < -0.39 is 11.1 Å².